The van der Waals surface area contributed by atoms with Gasteiger partial charge in [-0.2, -0.15) is 0 Å². The lowest BCUT2D eigenvalue weighted by molar-refractivity contribution is -0.131. The molecule has 0 rings (SSSR count). The highest BCUT2D eigenvalue weighted by Crippen LogP contribution is 2.03. The van der Waals surface area contributed by atoms with Gasteiger partial charge in [0, 0.05) is 38.1 Å². The Morgan fingerprint density at radius 1 is 1.33 bits per heavy atom. The highest BCUT2D eigenvalue weighted by atomic mass is 16.3. The largest absolute Gasteiger partial charge is 0.393 e. The maximum atomic E-state index is 12.0. The summed E-state index contributed by atoms with van der Waals surface area (Å²) >= 11 is 0. The van der Waals surface area contributed by atoms with E-state index in [9.17, 15) is 9.90 Å². The fourth-order valence-corrected chi connectivity index (χ4v) is 2.11. The van der Waals surface area contributed by atoms with Crippen molar-refractivity contribution in [2.75, 3.05) is 19.6 Å². The van der Waals surface area contributed by atoms with Gasteiger partial charge < -0.3 is 21.1 Å². The van der Waals surface area contributed by atoms with Crippen LogP contribution in [0.15, 0.2) is 0 Å². The standard InChI is InChI=1S/C13H29N3O2/c1-5-16(6-2)13(18)8-12(9-14)15-10(3)7-11(4)17/h10-12,15,17H,5-9,14H2,1-4H3. The van der Waals surface area contributed by atoms with Crippen LogP contribution in [-0.2, 0) is 4.79 Å². The normalized spacial score (nSPS) is 16.1. The van der Waals surface area contributed by atoms with Crippen molar-refractivity contribution in [1.82, 2.24) is 10.2 Å². The van der Waals surface area contributed by atoms with Gasteiger partial charge >= 0.3 is 0 Å². The van der Waals surface area contributed by atoms with Gasteiger partial charge in [-0.05, 0) is 34.1 Å². The number of nitrogens with two attached hydrogens (primary N) is 1. The zero-order valence-corrected chi connectivity index (χ0v) is 12.1. The maximum Gasteiger partial charge on any atom is 0.224 e. The molecule has 4 N–H and O–H groups in total. The Labute approximate surface area is 111 Å². The second-order valence-electron chi connectivity index (χ2n) is 4.86. The van der Waals surface area contributed by atoms with Crippen molar-refractivity contribution in [3.8, 4) is 0 Å². The minimum Gasteiger partial charge on any atom is -0.393 e. The van der Waals surface area contributed by atoms with Gasteiger partial charge in [0.05, 0.1) is 6.10 Å². The predicted molar refractivity (Wildman–Crippen MR) is 74.3 cm³/mol. The quantitative estimate of drug-likeness (QED) is 0.557. The second-order valence-corrected chi connectivity index (χ2v) is 4.86. The molecule has 1 amide bonds. The van der Waals surface area contributed by atoms with Gasteiger partial charge in [-0.15, -0.1) is 0 Å². The molecule has 0 aliphatic rings. The van der Waals surface area contributed by atoms with Crippen LogP contribution in [0, 0.1) is 0 Å². The Morgan fingerprint density at radius 3 is 2.28 bits per heavy atom. The summed E-state index contributed by atoms with van der Waals surface area (Å²) in [6.45, 7) is 9.60. The third kappa shape index (κ3) is 6.93. The number of aliphatic hydroxyl groups is 1. The Bertz CT molecular complexity index is 230. The lowest BCUT2D eigenvalue weighted by Gasteiger charge is -2.25. The van der Waals surface area contributed by atoms with Crippen LogP contribution in [0.3, 0.4) is 0 Å². The Hall–Kier alpha value is -0.650. The molecule has 0 aromatic carbocycles. The van der Waals surface area contributed by atoms with Crippen LogP contribution < -0.4 is 11.1 Å². The van der Waals surface area contributed by atoms with Crippen molar-refractivity contribution < 1.29 is 9.90 Å². The fourth-order valence-electron chi connectivity index (χ4n) is 2.11. The average molecular weight is 259 g/mol. The van der Waals surface area contributed by atoms with Crippen LogP contribution >= 0.6 is 0 Å². The number of nitrogens with zero attached hydrogens (tertiary/aromatic N) is 1. The van der Waals surface area contributed by atoms with Gasteiger partial charge in [-0.3, -0.25) is 4.79 Å². The van der Waals surface area contributed by atoms with E-state index in [2.05, 4.69) is 5.32 Å². The molecule has 5 nitrogen and oxygen atoms in total. The van der Waals surface area contributed by atoms with Crippen LogP contribution in [0.25, 0.3) is 0 Å². The van der Waals surface area contributed by atoms with Gasteiger partial charge in [0.1, 0.15) is 0 Å². The summed E-state index contributed by atoms with van der Waals surface area (Å²) in [5.41, 5.74) is 5.69. The molecule has 0 fully saturated rings. The predicted octanol–water partition coefficient (Wildman–Crippen LogP) is 0.321. The summed E-state index contributed by atoms with van der Waals surface area (Å²) < 4.78 is 0. The topological polar surface area (TPSA) is 78.6 Å². The molecule has 0 aliphatic carbocycles. The molecule has 18 heavy (non-hydrogen) atoms. The summed E-state index contributed by atoms with van der Waals surface area (Å²) in [6, 6.07) is 0.134. The first kappa shape index (κ1) is 17.4. The highest BCUT2D eigenvalue weighted by Gasteiger charge is 2.18. The van der Waals surface area contributed by atoms with Crippen LogP contribution in [0.2, 0.25) is 0 Å². The third-order valence-electron chi connectivity index (χ3n) is 3.04. The molecule has 5 heteroatoms. The third-order valence-corrected chi connectivity index (χ3v) is 3.04. The van der Waals surface area contributed by atoms with Crippen molar-refractivity contribution in [3.63, 3.8) is 0 Å². The molecule has 3 atom stereocenters. The molecule has 0 aliphatic heterocycles. The van der Waals surface area contributed by atoms with Crippen LogP contribution in [-0.4, -0.2) is 53.7 Å². The number of nitrogens with one attached hydrogen (secondary N) is 1. The SMILES string of the molecule is CCN(CC)C(=O)CC(CN)NC(C)CC(C)O. The molecule has 0 aromatic heterocycles. The molecule has 0 saturated carbocycles. The lowest BCUT2D eigenvalue weighted by atomic mass is 10.1. The lowest BCUT2D eigenvalue weighted by Crippen LogP contribution is -2.46. The van der Waals surface area contributed by atoms with Crippen LogP contribution in [0.4, 0.5) is 0 Å². The Balaban J connectivity index is 4.21. The molecule has 0 spiro atoms. The molecule has 0 saturated heterocycles. The summed E-state index contributed by atoms with van der Waals surface area (Å²) in [6.07, 6.45) is 0.738. The number of aliphatic hydroxyl groups excluding tert-OH is 1. The Morgan fingerprint density at radius 2 is 1.89 bits per heavy atom. The molecular weight excluding hydrogens is 230 g/mol. The van der Waals surface area contributed by atoms with Crippen molar-refractivity contribution >= 4 is 5.91 Å². The van der Waals surface area contributed by atoms with E-state index in [1.165, 1.54) is 0 Å². The van der Waals surface area contributed by atoms with E-state index in [0.29, 0.717) is 19.4 Å². The summed E-state index contributed by atoms with van der Waals surface area (Å²) in [4.78, 5) is 13.8. The number of rotatable bonds is 9. The van der Waals surface area contributed by atoms with E-state index in [1.54, 1.807) is 6.92 Å². The highest BCUT2D eigenvalue weighted by molar-refractivity contribution is 5.76. The first-order valence-corrected chi connectivity index (χ1v) is 6.86. The Kier molecular flexibility index (Phi) is 8.97. The van der Waals surface area contributed by atoms with E-state index in [1.807, 2.05) is 25.7 Å². The van der Waals surface area contributed by atoms with E-state index >= 15 is 0 Å². The zero-order valence-electron chi connectivity index (χ0n) is 12.1. The smallest absolute Gasteiger partial charge is 0.224 e. The van der Waals surface area contributed by atoms with Gasteiger partial charge in [0.2, 0.25) is 5.91 Å². The fraction of sp³-hybridized carbons (Fsp3) is 0.923. The van der Waals surface area contributed by atoms with Crippen LogP contribution in [0.5, 0.6) is 0 Å². The van der Waals surface area contributed by atoms with Crippen molar-refractivity contribution in [2.24, 2.45) is 5.73 Å². The molecule has 3 unspecified atom stereocenters. The summed E-state index contributed by atoms with van der Waals surface area (Å²) in [7, 11) is 0. The number of carbonyl (C=O) groups excluding carboxylic acids is 1. The molecule has 0 radical (unpaired) electrons. The van der Waals surface area contributed by atoms with Gasteiger partial charge in [0.25, 0.3) is 0 Å². The number of hydrogen-bond acceptors (Lipinski definition) is 4. The first-order chi connectivity index (χ1) is 8.44. The van der Waals surface area contributed by atoms with E-state index in [4.69, 9.17) is 5.73 Å². The van der Waals surface area contributed by atoms with E-state index < -0.39 is 0 Å². The molecule has 0 aromatic rings. The van der Waals surface area contributed by atoms with E-state index in [-0.39, 0.29) is 24.1 Å². The summed E-state index contributed by atoms with van der Waals surface area (Å²) in [5, 5.41) is 12.6. The molecule has 0 bridgehead atoms. The van der Waals surface area contributed by atoms with Crippen molar-refractivity contribution in [2.45, 2.75) is 58.7 Å². The second kappa shape index (κ2) is 9.30. The average Bonchev–Trinajstić information content (AvgIpc) is 2.28. The van der Waals surface area contributed by atoms with Gasteiger partial charge in [-0.25, -0.2) is 0 Å². The van der Waals surface area contributed by atoms with Crippen LogP contribution in [0.1, 0.15) is 40.5 Å². The maximum absolute atomic E-state index is 12.0. The first-order valence-electron chi connectivity index (χ1n) is 6.86. The minimum atomic E-state index is -0.343. The number of hydrogen-bond donors (Lipinski definition) is 3. The number of carbonyl (C=O) groups is 1. The zero-order chi connectivity index (χ0) is 14.1. The monoisotopic (exact) mass is 259 g/mol. The van der Waals surface area contributed by atoms with Gasteiger partial charge in [0.15, 0.2) is 0 Å². The minimum absolute atomic E-state index is 0.0214. The molecule has 0 heterocycles. The molecular formula is C13H29N3O2. The number of amides is 1. The van der Waals surface area contributed by atoms with Gasteiger partial charge in [-0.1, -0.05) is 0 Å². The molecule has 108 valence electrons. The van der Waals surface area contributed by atoms with Crippen molar-refractivity contribution in [1.29, 1.82) is 0 Å². The summed E-state index contributed by atoms with van der Waals surface area (Å²) in [5.74, 6) is 0.132. The van der Waals surface area contributed by atoms with E-state index in [0.717, 1.165) is 13.1 Å². The van der Waals surface area contributed by atoms with Crippen molar-refractivity contribution in [3.05, 3.63) is 0 Å².